The third-order valence-corrected chi connectivity index (χ3v) is 5.98. The van der Waals surface area contributed by atoms with Gasteiger partial charge in [0.05, 0.1) is 35.4 Å². The summed E-state index contributed by atoms with van der Waals surface area (Å²) in [5, 5.41) is 9.67. The minimum atomic E-state index is -0.238. The first-order valence-electron chi connectivity index (χ1n) is 7.98. The van der Waals surface area contributed by atoms with Crippen molar-refractivity contribution >= 4 is 0 Å². The summed E-state index contributed by atoms with van der Waals surface area (Å²) in [6.07, 6.45) is 12.4. The third-order valence-electron chi connectivity index (χ3n) is 5.98. The Balaban J connectivity index is 1.46. The van der Waals surface area contributed by atoms with Crippen molar-refractivity contribution in [1.29, 1.82) is 5.26 Å². The molecule has 0 N–H and O–H groups in total. The van der Waals surface area contributed by atoms with Gasteiger partial charge in [-0.3, -0.25) is 0 Å². The second-order valence-corrected chi connectivity index (χ2v) is 7.17. The van der Waals surface area contributed by atoms with Crippen molar-refractivity contribution in [2.75, 3.05) is 0 Å². The zero-order valence-electron chi connectivity index (χ0n) is 11.6. The van der Waals surface area contributed by atoms with Gasteiger partial charge in [-0.15, -0.1) is 0 Å². The van der Waals surface area contributed by atoms with Crippen molar-refractivity contribution in [2.45, 2.75) is 88.1 Å². The van der Waals surface area contributed by atoms with Crippen LogP contribution >= 0.6 is 0 Å². The average molecular weight is 261 g/mol. The molecule has 0 aromatic heterocycles. The smallest absolute Gasteiger partial charge is 0.0884 e. The second-order valence-electron chi connectivity index (χ2n) is 7.17. The molecule has 4 aliphatic rings. The Labute approximate surface area is 115 Å². The molecule has 3 saturated heterocycles. The van der Waals surface area contributed by atoms with Crippen molar-refractivity contribution in [1.82, 2.24) is 0 Å². The number of nitrogens with zero attached hydrogens (tertiary/aromatic N) is 1. The number of rotatable bonds is 2. The van der Waals surface area contributed by atoms with Crippen LogP contribution in [-0.4, -0.2) is 23.9 Å². The standard InChI is InChI=1S/C16H23NO2/c17-11-15(9-12-3-4-14(15)18-12)10-13-5-8-16(19-13)6-1-2-7-16/h12-14H,1-10H2. The summed E-state index contributed by atoms with van der Waals surface area (Å²) in [7, 11) is 0. The molecule has 0 radical (unpaired) electrons. The van der Waals surface area contributed by atoms with E-state index in [0.29, 0.717) is 12.2 Å². The molecule has 19 heavy (non-hydrogen) atoms. The Hall–Kier alpha value is -0.590. The molecule has 4 fully saturated rings. The Kier molecular flexibility index (Phi) is 2.69. The summed E-state index contributed by atoms with van der Waals surface area (Å²) in [6.45, 7) is 0. The van der Waals surface area contributed by atoms with Gasteiger partial charge in [-0.05, 0) is 51.4 Å². The summed E-state index contributed by atoms with van der Waals surface area (Å²) >= 11 is 0. The van der Waals surface area contributed by atoms with Gasteiger partial charge in [-0.1, -0.05) is 12.8 Å². The van der Waals surface area contributed by atoms with E-state index >= 15 is 0 Å². The monoisotopic (exact) mass is 261 g/mol. The summed E-state index contributed by atoms with van der Waals surface area (Å²) in [5.74, 6) is 0. The van der Waals surface area contributed by atoms with Crippen LogP contribution in [-0.2, 0) is 9.47 Å². The third kappa shape index (κ3) is 1.84. The molecule has 3 heterocycles. The predicted molar refractivity (Wildman–Crippen MR) is 70.5 cm³/mol. The van der Waals surface area contributed by atoms with Crippen LogP contribution in [0.3, 0.4) is 0 Å². The zero-order chi connectivity index (χ0) is 12.9. The Bertz CT molecular complexity index is 409. The Morgan fingerprint density at radius 1 is 1.11 bits per heavy atom. The van der Waals surface area contributed by atoms with Crippen LogP contribution in [0, 0.1) is 16.7 Å². The van der Waals surface area contributed by atoms with E-state index in [4.69, 9.17) is 9.47 Å². The second kappa shape index (κ2) is 4.20. The summed E-state index contributed by atoms with van der Waals surface area (Å²) in [6, 6.07) is 2.61. The predicted octanol–water partition coefficient (Wildman–Crippen LogP) is 3.33. The lowest BCUT2D eigenvalue weighted by Gasteiger charge is -2.32. The molecule has 3 aliphatic heterocycles. The highest BCUT2D eigenvalue weighted by Crippen LogP contribution is 2.53. The minimum Gasteiger partial charge on any atom is -0.373 e. The van der Waals surface area contributed by atoms with Gasteiger partial charge in [0.15, 0.2) is 0 Å². The Morgan fingerprint density at radius 2 is 1.95 bits per heavy atom. The van der Waals surface area contributed by atoms with Gasteiger partial charge in [0, 0.05) is 0 Å². The van der Waals surface area contributed by atoms with Crippen LogP contribution in [0.1, 0.15) is 64.2 Å². The van der Waals surface area contributed by atoms with Crippen LogP contribution in [0.4, 0.5) is 0 Å². The van der Waals surface area contributed by atoms with Gasteiger partial charge in [-0.25, -0.2) is 0 Å². The number of hydrogen-bond donors (Lipinski definition) is 0. The summed E-state index contributed by atoms with van der Waals surface area (Å²) in [5.41, 5.74) is -0.0441. The summed E-state index contributed by atoms with van der Waals surface area (Å²) in [4.78, 5) is 0. The largest absolute Gasteiger partial charge is 0.373 e. The van der Waals surface area contributed by atoms with Crippen LogP contribution in [0.25, 0.3) is 0 Å². The fraction of sp³-hybridized carbons (Fsp3) is 0.938. The molecule has 4 rings (SSSR count). The SMILES string of the molecule is N#CC1(CC2CCC3(CCCC3)O2)CC2CCC1O2. The first-order chi connectivity index (χ1) is 9.24. The van der Waals surface area contributed by atoms with E-state index < -0.39 is 0 Å². The van der Waals surface area contributed by atoms with Crippen LogP contribution in [0.15, 0.2) is 0 Å². The van der Waals surface area contributed by atoms with Crippen molar-refractivity contribution in [3.05, 3.63) is 0 Å². The van der Waals surface area contributed by atoms with Crippen LogP contribution in [0.5, 0.6) is 0 Å². The van der Waals surface area contributed by atoms with E-state index in [1.807, 2.05) is 0 Å². The highest BCUT2D eigenvalue weighted by molar-refractivity contribution is 5.13. The summed E-state index contributed by atoms with van der Waals surface area (Å²) < 4.78 is 12.3. The number of fused-ring (bicyclic) bond motifs is 2. The number of hydrogen-bond acceptors (Lipinski definition) is 3. The van der Waals surface area contributed by atoms with Gasteiger partial charge in [0.25, 0.3) is 0 Å². The number of nitriles is 1. The van der Waals surface area contributed by atoms with E-state index in [9.17, 15) is 5.26 Å². The highest BCUT2D eigenvalue weighted by Gasteiger charge is 2.55. The van der Waals surface area contributed by atoms with Gasteiger partial charge < -0.3 is 9.47 Å². The van der Waals surface area contributed by atoms with Gasteiger partial charge in [-0.2, -0.15) is 5.26 Å². The Morgan fingerprint density at radius 3 is 2.58 bits per heavy atom. The molecular formula is C16H23NO2. The lowest BCUT2D eigenvalue weighted by Crippen LogP contribution is -2.35. The fourth-order valence-electron chi connectivity index (χ4n) is 5.01. The van der Waals surface area contributed by atoms with Crippen LogP contribution in [0.2, 0.25) is 0 Å². The molecular weight excluding hydrogens is 238 g/mol. The van der Waals surface area contributed by atoms with Crippen molar-refractivity contribution in [3.8, 4) is 6.07 Å². The maximum Gasteiger partial charge on any atom is 0.0884 e. The van der Waals surface area contributed by atoms with Gasteiger partial charge in [0.2, 0.25) is 0 Å². The quantitative estimate of drug-likeness (QED) is 0.765. The lowest BCUT2D eigenvalue weighted by atomic mass is 9.71. The molecule has 1 aliphatic carbocycles. The van der Waals surface area contributed by atoms with E-state index in [-0.39, 0.29) is 17.1 Å². The maximum atomic E-state index is 9.67. The molecule has 0 aromatic rings. The van der Waals surface area contributed by atoms with E-state index in [1.165, 1.54) is 32.1 Å². The van der Waals surface area contributed by atoms with Crippen molar-refractivity contribution in [2.24, 2.45) is 5.41 Å². The van der Waals surface area contributed by atoms with E-state index in [0.717, 1.165) is 32.1 Å². The molecule has 1 saturated carbocycles. The fourth-order valence-corrected chi connectivity index (χ4v) is 5.01. The molecule has 0 aromatic carbocycles. The van der Waals surface area contributed by atoms with E-state index in [2.05, 4.69) is 6.07 Å². The van der Waals surface area contributed by atoms with E-state index in [1.54, 1.807) is 0 Å². The van der Waals surface area contributed by atoms with Crippen molar-refractivity contribution in [3.63, 3.8) is 0 Å². The highest BCUT2D eigenvalue weighted by atomic mass is 16.5. The lowest BCUT2D eigenvalue weighted by molar-refractivity contribution is -0.0543. The first kappa shape index (κ1) is 12.2. The average Bonchev–Trinajstić information content (AvgIpc) is 3.17. The molecule has 4 unspecified atom stereocenters. The first-order valence-corrected chi connectivity index (χ1v) is 7.98. The minimum absolute atomic E-state index is 0.186. The molecule has 0 amide bonds. The van der Waals surface area contributed by atoms with Crippen LogP contribution < -0.4 is 0 Å². The molecule has 4 atom stereocenters. The van der Waals surface area contributed by atoms with Gasteiger partial charge >= 0.3 is 0 Å². The molecule has 3 nitrogen and oxygen atoms in total. The normalized spacial score (nSPS) is 47.0. The zero-order valence-corrected chi connectivity index (χ0v) is 11.6. The molecule has 104 valence electrons. The molecule has 1 spiro atoms. The molecule has 2 bridgehead atoms. The molecule has 3 heteroatoms. The maximum absolute atomic E-state index is 9.67. The topological polar surface area (TPSA) is 42.2 Å². The number of ether oxygens (including phenoxy) is 2. The van der Waals surface area contributed by atoms with Gasteiger partial charge in [0.1, 0.15) is 0 Å². The van der Waals surface area contributed by atoms with Crippen molar-refractivity contribution < 1.29 is 9.47 Å².